The number of imide groups is 1. The highest BCUT2D eigenvalue weighted by molar-refractivity contribution is 9.10. The number of non-ortho nitro benzene ring substituents is 1. The number of allylic oxidation sites excluding steroid dienone is 1. The number of halogens is 1. The Labute approximate surface area is 274 Å². The number of hydrogen-bond acceptors (Lipinski definition) is 8. The maximum Gasteiger partial charge on any atom is 0.455 e. The Morgan fingerprint density at radius 2 is 1.89 bits per heavy atom. The molecular weight excluding hydrogens is 655 g/mol. The SMILES string of the molecule is C/C(=C\c1cc(Br)ccc1O)CC[C@H]1OB(O)C[C@H]2C1=C(COc1ccccc1)C[C@H]1C(=O)N(c3cccc([N+](=O)[O-])c3)C(=O)[C@H]12. The molecule has 3 aromatic rings. The number of rotatable bonds is 9. The highest BCUT2D eigenvalue weighted by Gasteiger charge is 2.57. The topological polar surface area (TPSA) is 139 Å². The summed E-state index contributed by atoms with van der Waals surface area (Å²) < 4.78 is 13.1. The van der Waals surface area contributed by atoms with Crippen LogP contribution < -0.4 is 9.64 Å². The van der Waals surface area contributed by atoms with Gasteiger partial charge in [0.15, 0.2) is 0 Å². The van der Waals surface area contributed by atoms with Crippen LogP contribution in [0.25, 0.3) is 6.08 Å². The number of phenols is 1. The van der Waals surface area contributed by atoms with E-state index in [1.807, 2.05) is 49.4 Å². The molecule has 0 unspecified atom stereocenters. The standard InChI is InChI=1S/C34H32BBrN2O8/c1-20(14-21-15-23(36)11-12-29(21)39)10-13-30-31-22(19-45-26-8-3-2-4-9-26)16-27-32(28(31)18-35(42)46-30)34(41)37(33(27)40)24-6-5-7-25(17-24)38(43)44/h2-9,11-12,14-15,17,27-28,30,32,39,42H,10,13,16,18-19H2,1H3/b20-14+/t27-,28+,30-,32-/m1/s1. The number of nitro benzene ring substituents is 1. The van der Waals surface area contributed by atoms with Crippen molar-refractivity contribution in [3.05, 3.63) is 110 Å². The first-order valence-corrected chi connectivity index (χ1v) is 15.9. The Morgan fingerprint density at radius 3 is 2.65 bits per heavy atom. The molecule has 12 heteroatoms. The molecule has 6 rings (SSSR count). The van der Waals surface area contributed by atoms with Gasteiger partial charge in [-0.3, -0.25) is 19.7 Å². The van der Waals surface area contributed by atoms with Crippen LogP contribution in [0.3, 0.4) is 0 Å². The van der Waals surface area contributed by atoms with Crippen molar-refractivity contribution >= 4 is 52.3 Å². The van der Waals surface area contributed by atoms with Crippen molar-refractivity contribution in [3.63, 3.8) is 0 Å². The van der Waals surface area contributed by atoms with Crippen LogP contribution in [-0.4, -0.2) is 46.7 Å². The Morgan fingerprint density at radius 1 is 1.11 bits per heavy atom. The van der Waals surface area contributed by atoms with E-state index < -0.39 is 47.7 Å². The molecule has 3 aliphatic rings. The van der Waals surface area contributed by atoms with Crippen molar-refractivity contribution in [2.24, 2.45) is 17.8 Å². The maximum atomic E-state index is 14.0. The van der Waals surface area contributed by atoms with Gasteiger partial charge < -0.3 is 19.5 Å². The normalized spacial score (nSPS) is 23.0. The molecule has 0 saturated carbocycles. The van der Waals surface area contributed by atoms with E-state index in [0.29, 0.717) is 24.2 Å². The third kappa shape index (κ3) is 6.37. The molecule has 46 heavy (non-hydrogen) atoms. The molecule has 2 N–H and O–H groups in total. The lowest BCUT2D eigenvalue weighted by Crippen LogP contribution is -2.46. The summed E-state index contributed by atoms with van der Waals surface area (Å²) in [4.78, 5) is 39.9. The van der Waals surface area contributed by atoms with E-state index in [4.69, 9.17) is 9.39 Å². The fraction of sp³-hybridized carbons (Fsp3) is 0.294. The fourth-order valence-electron chi connectivity index (χ4n) is 6.92. The number of carbonyl (C=O) groups excluding carboxylic acids is 2. The number of carbonyl (C=O) groups is 2. The number of nitro groups is 1. The van der Waals surface area contributed by atoms with Crippen LogP contribution in [0, 0.1) is 27.9 Å². The van der Waals surface area contributed by atoms with E-state index in [9.17, 15) is 29.8 Å². The van der Waals surface area contributed by atoms with E-state index in [1.165, 1.54) is 24.3 Å². The summed E-state index contributed by atoms with van der Waals surface area (Å²) in [7, 11) is -1.15. The average Bonchev–Trinajstić information content (AvgIpc) is 3.29. The maximum absolute atomic E-state index is 14.0. The van der Waals surface area contributed by atoms with Crippen LogP contribution in [0.2, 0.25) is 6.32 Å². The Balaban J connectivity index is 1.33. The molecular formula is C34H32BBrN2O8. The molecule has 236 valence electrons. The number of benzene rings is 3. The Hall–Kier alpha value is -4.26. The number of para-hydroxylation sites is 1. The summed E-state index contributed by atoms with van der Waals surface area (Å²) in [6, 6.07) is 20.0. The predicted molar refractivity (Wildman–Crippen MR) is 176 cm³/mol. The summed E-state index contributed by atoms with van der Waals surface area (Å²) in [5.41, 5.74) is 3.30. The number of aromatic hydroxyl groups is 1. The van der Waals surface area contributed by atoms with Crippen LogP contribution in [-0.2, 0) is 14.2 Å². The van der Waals surface area contributed by atoms with Crippen molar-refractivity contribution in [1.29, 1.82) is 0 Å². The molecule has 0 bridgehead atoms. The summed E-state index contributed by atoms with van der Waals surface area (Å²) in [5, 5.41) is 32.7. The molecule has 0 aromatic heterocycles. The first kappa shape index (κ1) is 31.7. The van der Waals surface area contributed by atoms with Gasteiger partial charge in [0, 0.05) is 22.2 Å². The van der Waals surface area contributed by atoms with E-state index in [2.05, 4.69) is 15.9 Å². The molecule has 2 heterocycles. The third-order valence-electron chi connectivity index (χ3n) is 8.96. The molecule has 1 aliphatic carbocycles. The minimum Gasteiger partial charge on any atom is -0.507 e. The van der Waals surface area contributed by atoms with Gasteiger partial charge in [-0.2, -0.15) is 0 Å². The third-order valence-corrected chi connectivity index (χ3v) is 9.45. The number of hydrogen-bond donors (Lipinski definition) is 2. The molecule has 2 saturated heterocycles. The van der Waals surface area contributed by atoms with Crippen molar-refractivity contribution in [2.75, 3.05) is 11.5 Å². The average molecular weight is 687 g/mol. The molecule has 2 aliphatic heterocycles. The molecule has 0 spiro atoms. The van der Waals surface area contributed by atoms with Gasteiger partial charge in [-0.1, -0.05) is 51.8 Å². The number of anilines is 1. The van der Waals surface area contributed by atoms with Gasteiger partial charge in [0.2, 0.25) is 11.8 Å². The zero-order valence-corrected chi connectivity index (χ0v) is 26.6. The number of fused-ring (bicyclic) bond motifs is 3. The second-order valence-corrected chi connectivity index (χ2v) is 12.9. The van der Waals surface area contributed by atoms with E-state index >= 15 is 0 Å². The van der Waals surface area contributed by atoms with E-state index in [1.54, 1.807) is 12.1 Å². The molecule has 2 amide bonds. The van der Waals surface area contributed by atoms with Crippen LogP contribution in [0.4, 0.5) is 11.4 Å². The largest absolute Gasteiger partial charge is 0.507 e. The fourth-order valence-corrected chi connectivity index (χ4v) is 7.30. The van der Waals surface area contributed by atoms with Crippen LogP contribution in [0.5, 0.6) is 11.5 Å². The van der Waals surface area contributed by atoms with Gasteiger partial charge in [0.1, 0.15) is 18.1 Å². The minimum absolute atomic E-state index is 0.129. The second kappa shape index (κ2) is 13.2. The lowest BCUT2D eigenvalue weighted by molar-refractivity contribution is -0.384. The minimum atomic E-state index is -1.15. The van der Waals surface area contributed by atoms with Crippen molar-refractivity contribution in [3.8, 4) is 11.5 Å². The Bertz CT molecular complexity index is 1750. The first-order valence-electron chi connectivity index (χ1n) is 15.1. The smallest absolute Gasteiger partial charge is 0.455 e. The van der Waals surface area contributed by atoms with E-state index in [0.717, 1.165) is 26.1 Å². The zero-order valence-electron chi connectivity index (χ0n) is 25.0. The van der Waals surface area contributed by atoms with Crippen LogP contribution in [0.15, 0.2) is 94.0 Å². The molecule has 2 fully saturated rings. The van der Waals surface area contributed by atoms with Gasteiger partial charge >= 0.3 is 7.12 Å². The van der Waals surface area contributed by atoms with Crippen LogP contribution in [0.1, 0.15) is 31.7 Å². The highest BCUT2D eigenvalue weighted by atomic mass is 79.9. The molecule has 3 aromatic carbocycles. The number of nitrogens with zero attached hydrogens (tertiary/aromatic N) is 2. The van der Waals surface area contributed by atoms with Gasteiger partial charge in [0.05, 0.1) is 28.6 Å². The van der Waals surface area contributed by atoms with Crippen molar-refractivity contribution in [2.45, 2.75) is 38.6 Å². The highest BCUT2D eigenvalue weighted by Crippen LogP contribution is 2.51. The Kier molecular flexibility index (Phi) is 9.12. The zero-order chi connectivity index (χ0) is 32.5. The lowest BCUT2D eigenvalue weighted by Gasteiger charge is -2.43. The summed E-state index contributed by atoms with van der Waals surface area (Å²) >= 11 is 3.44. The summed E-state index contributed by atoms with van der Waals surface area (Å²) in [6.07, 6.45) is 2.81. The predicted octanol–water partition coefficient (Wildman–Crippen LogP) is 6.33. The second-order valence-electron chi connectivity index (χ2n) is 11.9. The molecule has 0 radical (unpaired) electrons. The van der Waals surface area contributed by atoms with Crippen molar-refractivity contribution in [1.82, 2.24) is 0 Å². The van der Waals surface area contributed by atoms with Gasteiger partial charge in [-0.05, 0) is 86.0 Å². The first-order chi connectivity index (χ1) is 22.1. The molecule has 4 atom stereocenters. The number of ether oxygens (including phenoxy) is 1. The van der Waals surface area contributed by atoms with Gasteiger partial charge in [-0.15, -0.1) is 0 Å². The quantitative estimate of drug-likeness (QED) is 0.0876. The van der Waals surface area contributed by atoms with Crippen molar-refractivity contribution < 1.29 is 34.0 Å². The number of amides is 2. The lowest BCUT2D eigenvalue weighted by atomic mass is 9.58. The number of phenolic OH excluding ortho intramolecular Hbond substituents is 1. The summed E-state index contributed by atoms with van der Waals surface area (Å²) in [5.74, 6) is -1.98. The van der Waals surface area contributed by atoms with Crippen LogP contribution >= 0.6 is 15.9 Å². The van der Waals surface area contributed by atoms with E-state index in [-0.39, 0.29) is 36.5 Å². The monoisotopic (exact) mass is 686 g/mol. The van der Waals surface area contributed by atoms with Gasteiger partial charge in [-0.25, -0.2) is 4.90 Å². The molecule has 10 nitrogen and oxygen atoms in total. The summed E-state index contributed by atoms with van der Waals surface area (Å²) in [6.45, 7) is 2.13. The van der Waals surface area contributed by atoms with Gasteiger partial charge in [0.25, 0.3) is 5.69 Å².